The molecule has 2 nitrogen and oxygen atoms in total. The molecule has 0 fully saturated rings. The molecule has 0 amide bonds. The number of ketones is 2. The van der Waals surface area contributed by atoms with Gasteiger partial charge in [0.25, 0.3) is 0 Å². The van der Waals surface area contributed by atoms with Gasteiger partial charge >= 0.3 is 0 Å². The van der Waals surface area contributed by atoms with E-state index < -0.39 is 0 Å². The monoisotopic (exact) mass is 412 g/mol. The number of carbonyl (C=O) groups excluding carboxylic acids is 2. The first-order chi connectivity index (χ1) is 14.8. The van der Waals surface area contributed by atoms with E-state index in [0.717, 1.165) is 38.5 Å². The van der Waals surface area contributed by atoms with Crippen molar-refractivity contribution in [2.24, 2.45) is 0 Å². The van der Waals surface area contributed by atoms with Crippen LogP contribution in [-0.2, 0) is 9.59 Å². The molecule has 0 aromatic carbocycles. The lowest BCUT2D eigenvalue weighted by molar-refractivity contribution is -0.115. The van der Waals surface area contributed by atoms with Gasteiger partial charge in [0, 0.05) is 12.8 Å². The van der Waals surface area contributed by atoms with E-state index >= 15 is 0 Å². The number of allylic oxidation sites excluding steroid dienone is 4. The highest BCUT2D eigenvalue weighted by molar-refractivity contribution is 5.99. The minimum absolute atomic E-state index is 0.457. The lowest BCUT2D eigenvalue weighted by Crippen LogP contribution is -1.98. The van der Waals surface area contributed by atoms with Gasteiger partial charge in [0.1, 0.15) is 0 Å². The van der Waals surface area contributed by atoms with Gasteiger partial charge in [0.05, 0.1) is 0 Å². The van der Waals surface area contributed by atoms with E-state index in [0.29, 0.717) is 11.6 Å². The van der Waals surface area contributed by atoms with Gasteiger partial charge in [-0.15, -0.1) is 0 Å². The molecule has 0 saturated heterocycles. The minimum Gasteiger partial charge on any atom is -0.295 e. The summed E-state index contributed by atoms with van der Waals surface area (Å²) in [6, 6.07) is 0. The largest absolute Gasteiger partial charge is 0.295 e. The molecule has 0 saturated carbocycles. The van der Waals surface area contributed by atoms with E-state index in [4.69, 9.17) is 0 Å². The van der Waals surface area contributed by atoms with Gasteiger partial charge in [-0.3, -0.25) is 9.59 Å². The molecular formula is C28H44O2. The normalized spacial score (nSPS) is 24.9. The lowest BCUT2D eigenvalue weighted by atomic mass is 9.96. The summed E-state index contributed by atoms with van der Waals surface area (Å²) >= 11 is 0. The van der Waals surface area contributed by atoms with Crippen LogP contribution in [0.25, 0.3) is 0 Å². The predicted molar refractivity (Wildman–Crippen MR) is 126 cm³/mol. The molecule has 3 rings (SSSR count). The Hall–Kier alpha value is -1.18. The van der Waals surface area contributed by atoms with Crippen molar-refractivity contribution < 1.29 is 9.59 Å². The summed E-state index contributed by atoms with van der Waals surface area (Å²) < 4.78 is 0. The summed E-state index contributed by atoms with van der Waals surface area (Å²) in [5.41, 5.74) is 5.47. The van der Waals surface area contributed by atoms with E-state index in [-0.39, 0.29) is 0 Å². The SMILES string of the molecule is O=C1CCC2=C1CCCCCCCCCC1=C(CCCCCCCCC2)C(=O)CC1. The number of rotatable bonds is 0. The number of hydrogen-bond acceptors (Lipinski definition) is 2. The van der Waals surface area contributed by atoms with Crippen molar-refractivity contribution in [1.82, 2.24) is 0 Å². The van der Waals surface area contributed by atoms with Gasteiger partial charge in [-0.2, -0.15) is 0 Å². The fourth-order valence-corrected chi connectivity index (χ4v) is 5.76. The molecule has 0 unspecified atom stereocenters. The molecule has 3 aliphatic carbocycles. The zero-order valence-corrected chi connectivity index (χ0v) is 19.4. The molecule has 2 heteroatoms. The van der Waals surface area contributed by atoms with Crippen LogP contribution in [0.15, 0.2) is 22.3 Å². The molecule has 0 spiro atoms. The van der Waals surface area contributed by atoms with Crippen LogP contribution in [0, 0.1) is 0 Å². The Morgan fingerprint density at radius 2 is 0.600 bits per heavy atom. The Morgan fingerprint density at radius 1 is 0.300 bits per heavy atom. The highest BCUT2D eigenvalue weighted by Gasteiger charge is 2.22. The zero-order valence-electron chi connectivity index (χ0n) is 19.4. The molecule has 0 aromatic heterocycles. The zero-order chi connectivity index (χ0) is 21.0. The quantitative estimate of drug-likeness (QED) is 0.400. The predicted octanol–water partition coefficient (Wildman–Crippen LogP) is 8.34. The molecule has 0 N–H and O–H groups in total. The summed E-state index contributed by atoms with van der Waals surface area (Å²) in [6.07, 6.45) is 26.1. The van der Waals surface area contributed by atoms with Gasteiger partial charge in [-0.25, -0.2) is 0 Å². The Labute approximate surface area is 185 Å². The van der Waals surface area contributed by atoms with Crippen molar-refractivity contribution in [3.63, 3.8) is 0 Å². The van der Waals surface area contributed by atoms with Gasteiger partial charge < -0.3 is 0 Å². The van der Waals surface area contributed by atoms with Crippen LogP contribution >= 0.6 is 0 Å². The molecule has 0 radical (unpaired) electrons. The molecule has 30 heavy (non-hydrogen) atoms. The molecule has 0 bridgehead atoms. The smallest absolute Gasteiger partial charge is 0.159 e. The summed E-state index contributed by atoms with van der Waals surface area (Å²) in [5.74, 6) is 0.914. The maximum absolute atomic E-state index is 12.3. The van der Waals surface area contributed by atoms with E-state index in [2.05, 4.69) is 0 Å². The van der Waals surface area contributed by atoms with E-state index in [9.17, 15) is 9.59 Å². The number of Topliss-reactive ketones (excluding diaryl/α,β-unsaturated/α-hetero) is 2. The van der Waals surface area contributed by atoms with E-state index in [1.54, 1.807) is 0 Å². The third-order valence-corrected chi connectivity index (χ3v) is 7.65. The van der Waals surface area contributed by atoms with Crippen molar-refractivity contribution in [1.29, 1.82) is 0 Å². The van der Waals surface area contributed by atoms with E-state index in [1.807, 2.05) is 0 Å². The highest BCUT2D eigenvalue weighted by Crippen LogP contribution is 2.32. The first-order valence-corrected chi connectivity index (χ1v) is 13.2. The average molecular weight is 413 g/mol. The van der Waals surface area contributed by atoms with Crippen LogP contribution < -0.4 is 0 Å². The third kappa shape index (κ3) is 7.50. The summed E-state index contributed by atoms with van der Waals surface area (Å²) in [5, 5.41) is 0. The molecular weight excluding hydrogens is 368 g/mol. The Morgan fingerprint density at radius 3 is 0.967 bits per heavy atom. The molecule has 0 aliphatic heterocycles. The lowest BCUT2D eigenvalue weighted by Gasteiger charge is -2.09. The molecule has 0 aromatic rings. The molecule has 0 atom stereocenters. The van der Waals surface area contributed by atoms with Crippen molar-refractivity contribution >= 4 is 11.6 Å². The summed E-state index contributed by atoms with van der Waals surface area (Å²) in [4.78, 5) is 24.6. The number of hydrogen-bond donors (Lipinski definition) is 0. The van der Waals surface area contributed by atoms with Crippen LogP contribution in [0.1, 0.15) is 141 Å². The van der Waals surface area contributed by atoms with Crippen LogP contribution in [0.2, 0.25) is 0 Å². The first-order valence-electron chi connectivity index (χ1n) is 13.2. The summed E-state index contributed by atoms with van der Waals surface area (Å²) in [6.45, 7) is 0. The van der Waals surface area contributed by atoms with Crippen LogP contribution in [0.4, 0.5) is 0 Å². The second-order valence-corrected chi connectivity index (χ2v) is 9.96. The first kappa shape index (κ1) is 23.5. The van der Waals surface area contributed by atoms with Crippen LogP contribution in [0.3, 0.4) is 0 Å². The minimum atomic E-state index is 0.457. The third-order valence-electron chi connectivity index (χ3n) is 7.65. The van der Waals surface area contributed by atoms with Gasteiger partial charge in [0.15, 0.2) is 11.6 Å². The molecule has 168 valence electrons. The van der Waals surface area contributed by atoms with Gasteiger partial charge in [0.2, 0.25) is 0 Å². The van der Waals surface area contributed by atoms with Gasteiger partial charge in [-0.05, 0) is 75.4 Å². The Balaban J connectivity index is 1.47. The van der Waals surface area contributed by atoms with E-state index in [1.165, 1.54) is 125 Å². The topological polar surface area (TPSA) is 34.1 Å². The van der Waals surface area contributed by atoms with Crippen molar-refractivity contribution in [3.8, 4) is 0 Å². The second-order valence-electron chi connectivity index (χ2n) is 9.96. The highest BCUT2D eigenvalue weighted by atomic mass is 16.1. The van der Waals surface area contributed by atoms with Crippen LogP contribution in [-0.4, -0.2) is 11.6 Å². The standard InChI is InChI=1S/C28H44O2/c29-27-22-20-24-16-12-8-4-2-6-10-14-18-26-23(19-21-28(26)30)15-11-7-3-1-5-9-13-17-25(24)27/h1-22H2. The fourth-order valence-electron chi connectivity index (χ4n) is 5.76. The fraction of sp³-hybridized carbons (Fsp3) is 0.786. The van der Waals surface area contributed by atoms with Crippen molar-refractivity contribution in [3.05, 3.63) is 22.3 Å². The maximum atomic E-state index is 12.3. The Bertz CT molecular complexity index is 581. The average Bonchev–Trinajstić information content (AvgIpc) is 3.27. The number of carbonyl (C=O) groups is 2. The second kappa shape index (κ2) is 13.3. The Kier molecular flexibility index (Phi) is 10.4. The molecule has 3 aliphatic rings. The molecule has 0 heterocycles. The maximum Gasteiger partial charge on any atom is 0.159 e. The van der Waals surface area contributed by atoms with Gasteiger partial charge in [-0.1, -0.05) is 75.4 Å². The summed E-state index contributed by atoms with van der Waals surface area (Å²) in [7, 11) is 0. The van der Waals surface area contributed by atoms with Crippen LogP contribution in [0.5, 0.6) is 0 Å². The van der Waals surface area contributed by atoms with Crippen molar-refractivity contribution in [2.45, 2.75) is 141 Å². The van der Waals surface area contributed by atoms with Crippen molar-refractivity contribution in [2.75, 3.05) is 0 Å².